The van der Waals surface area contributed by atoms with Gasteiger partial charge in [-0.2, -0.15) is 0 Å². The maximum atomic E-state index is 11.3. The summed E-state index contributed by atoms with van der Waals surface area (Å²) in [6.07, 6.45) is 4.33. The molecule has 0 fully saturated rings. The minimum atomic E-state index is 0.191. The van der Waals surface area contributed by atoms with Crippen LogP contribution in [0.5, 0.6) is 0 Å². The molecule has 1 heterocycles. The fraction of sp³-hybridized carbons (Fsp3) is 0.500. The van der Waals surface area contributed by atoms with Crippen molar-refractivity contribution in [2.45, 2.75) is 19.9 Å². The number of hydrogen-bond acceptors (Lipinski definition) is 2. The van der Waals surface area contributed by atoms with Crippen molar-refractivity contribution >= 4 is 5.78 Å². The lowest BCUT2D eigenvalue weighted by Crippen LogP contribution is -2.01. The second kappa shape index (κ2) is 4.82. The summed E-state index contributed by atoms with van der Waals surface area (Å²) >= 11 is 0. The molecule has 0 unspecified atom stereocenters. The molecular weight excluding hydrogens is 166 g/mol. The number of nitrogens with zero attached hydrogens (tertiary/aromatic N) is 1. The van der Waals surface area contributed by atoms with E-state index in [1.54, 1.807) is 7.11 Å². The van der Waals surface area contributed by atoms with E-state index < -0.39 is 0 Å². The normalized spacial score (nSPS) is 10.3. The lowest BCUT2D eigenvalue weighted by molar-refractivity contribution is 0.0988. The molecule has 0 saturated carbocycles. The second-order valence-electron chi connectivity index (χ2n) is 2.91. The Morgan fingerprint density at radius 1 is 1.62 bits per heavy atom. The average molecular weight is 181 g/mol. The Bertz CT molecular complexity index is 278. The maximum absolute atomic E-state index is 11.3. The van der Waals surface area contributed by atoms with Gasteiger partial charge in [-0.25, -0.2) is 0 Å². The first-order valence-corrected chi connectivity index (χ1v) is 4.46. The Hall–Kier alpha value is -1.09. The zero-order chi connectivity index (χ0) is 9.68. The highest BCUT2D eigenvalue weighted by atomic mass is 16.5. The third-order valence-electron chi connectivity index (χ3n) is 1.95. The molecule has 0 atom stereocenters. The molecule has 0 bridgehead atoms. The van der Waals surface area contributed by atoms with Gasteiger partial charge in [-0.15, -0.1) is 0 Å². The molecule has 0 aliphatic heterocycles. The van der Waals surface area contributed by atoms with Crippen molar-refractivity contribution in [3.8, 4) is 0 Å². The zero-order valence-electron chi connectivity index (χ0n) is 8.12. The largest absolute Gasteiger partial charge is 0.383 e. The van der Waals surface area contributed by atoms with Crippen LogP contribution in [-0.4, -0.2) is 24.1 Å². The van der Waals surface area contributed by atoms with Gasteiger partial charge in [0.15, 0.2) is 5.78 Å². The van der Waals surface area contributed by atoms with Crippen LogP contribution in [0.25, 0.3) is 0 Å². The summed E-state index contributed by atoms with van der Waals surface area (Å²) in [5.41, 5.74) is 0.790. The van der Waals surface area contributed by atoms with Crippen LogP contribution in [-0.2, 0) is 11.3 Å². The van der Waals surface area contributed by atoms with E-state index in [2.05, 4.69) is 0 Å². The van der Waals surface area contributed by atoms with Crippen LogP contribution in [0.2, 0.25) is 0 Å². The highest BCUT2D eigenvalue weighted by molar-refractivity contribution is 5.95. The van der Waals surface area contributed by atoms with Crippen molar-refractivity contribution < 1.29 is 9.53 Å². The number of Topliss-reactive ketones (excluding diaryl/α,β-unsaturated/α-hetero) is 1. The van der Waals surface area contributed by atoms with E-state index in [0.29, 0.717) is 13.0 Å². The summed E-state index contributed by atoms with van der Waals surface area (Å²) in [4.78, 5) is 11.3. The molecule has 0 radical (unpaired) electrons. The van der Waals surface area contributed by atoms with Crippen molar-refractivity contribution in [1.29, 1.82) is 0 Å². The number of hydrogen-bond donors (Lipinski definition) is 0. The molecular formula is C10H15NO2. The van der Waals surface area contributed by atoms with Crippen LogP contribution < -0.4 is 0 Å². The number of ether oxygens (including phenoxy) is 1. The minimum Gasteiger partial charge on any atom is -0.383 e. The summed E-state index contributed by atoms with van der Waals surface area (Å²) < 4.78 is 6.90. The summed E-state index contributed by atoms with van der Waals surface area (Å²) in [6.45, 7) is 3.34. The first-order valence-electron chi connectivity index (χ1n) is 4.46. The van der Waals surface area contributed by atoms with Gasteiger partial charge in [0.1, 0.15) is 0 Å². The summed E-state index contributed by atoms with van der Waals surface area (Å²) in [7, 11) is 1.67. The first-order chi connectivity index (χ1) is 6.27. The minimum absolute atomic E-state index is 0.191. The molecule has 0 aliphatic rings. The SMILES string of the molecule is CCC(=O)c1ccn(CCOC)c1. The molecule has 3 nitrogen and oxygen atoms in total. The Morgan fingerprint density at radius 3 is 3.00 bits per heavy atom. The molecule has 0 spiro atoms. The number of ketones is 1. The van der Waals surface area contributed by atoms with Gasteiger partial charge in [0.05, 0.1) is 6.61 Å². The molecule has 13 heavy (non-hydrogen) atoms. The number of carbonyl (C=O) groups is 1. The van der Waals surface area contributed by atoms with Crippen LogP contribution >= 0.6 is 0 Å². The van der Waals surface area contributed by atoms with Gasteiger partial charge in [-0.1, -0.05) is 6.92 Å². The molecule has 3 heteroatoms. The van der Waals surface area contributed by atoms with E-state index in [1.807, 2.05) is 30.0 Å². The Labute approximate surface area is 78.3 Å². The fourth-order valence-corrected chi connectivity index (χ4v) is 1.15. The molecule has 0 aliphatic carbocycles. The number of rotatable bonds is 5. The zero-order valence-corrected chi connectivity index (χ0v) is 8.12. The van der Waals surface area contributed by atoms with Crippen molar-refractivity contribution in [3.63, 3.8) is 0 Å². The van der Waals surface area contributed by atoms with Gasteiger partial charge in [0.25, 0.3) is 0 Å². The molecule has 0 aromatic carbocycles. The van der Waals surface area contributed by atoms with E-state index >= 15 is 0 Å². The van der Waals surface area contributed by atoms with E-state index in [4.69, 9.17) is 4.74 Å². The highest BCUT2D eigenvalue weighted by Crippen LogP contribution is 2.04. The van der Waals surface area contributed by atoms with Crippen LogP contribution in [0.4, 0.5) is 0 Å². The highest BCUT2D eigenvalue weighted by Gasteiger charge is 2.03. The van der Waals surface area contributed by atoms with Gasteiger partial charge in [0, 0.05) is 38.0 Å². The topological polar surface area (TPSA) is 31.2 Å². The fourth-order valence-electron chi connectivity index (χ4n) is 1.15. The van der Waals surface area contributed by atoms with Crippen molar-refractivity contribution in [3.05, 3.63) is 24.0 Å². The number of methoxy groups -OCH3 is 1. The smallest absolute Gasteiger partial charge is 0.164 e. The average Bonchev–Trinajstić information content (AvgIpc) is 2.62. The monoisotopic (exact) mass is 181 g/mol. The summed E-state index contributed by atoms with van der Waals surface area (Å²) in [5.74, 6) is 0.191. The molecule has 1 aromatic heterocycles. The number of aromatic nitrogens is 1. The third kappa shape index (κ3) is 2.70. The Kier molecular flexibility index (Phi) is 3.71. The lowest BCUT2D eigenvalue weighted by Gasteiger charge is -1.99. The van der Waals surface area contributed by atoms with Gasteiger partial charge in [-0.05, 0) is 6.07 Å². The summed E-state index contributed by atoms with van der Waals surface area (Å²) in [5, 5.41) is 0. The molecule has 0 N–H and O–H groups in total. The standard InChI is InChI=1S/C10H15NO2/c1-3-10(12)9-4-5-11(8-9)6-7-13-2/h4-5,8H,3,6-7H2,1-2H3. The molecule has 1 aromatic rings. The van der Waals surface area contributed by atoms with Gasteiger partial charge >= 0.3 is 0 Å². The van der Waals surface area contributed by atoms with Crippen molar-refractivity contribution in [1.82, 2.24) is 4.57 Å². The molecule has 72 valence electrons. The van der Waals surface area contributed by atoms with Crippen LogP contribution in [0.3, 0.4) is 0 Å². The quantitative estimate of drug-likeness (QED) is 0.648. The third-order valence-corrected chi connectivity index (χ3v) is 1.95. The number of carbonyl (C=O) groups excluding carboxylic acids is 1. The van der Waals surface area contributed by atoms with Crippen LogP contribution in [0.15, 0.2) is 18.5 Å². The molecule has 0 amide bonds. The molecule has 0 saturated heterocycles. The van der Waals surface area contributed by atoms with Crippen LogP contribution in [0, 0.1) is 0 Å². The maximum Gasteiger partial charge on any atom is 0.164 e. The lowest BCUT2D eigenvalue weighted by atomic mass is 10.2. The Balaban J connectivity index is 2.58. The van der Waals surface area contributed by atoms with Crippen molar-refractivity contribution in [2.24, 2.45) is 0 Å². The van der Waals surface area contributed by atoms with Crippen molar-refractivity contribution in [2.75, 3.05) is 13.7 Å². The van der Waals surface area contributed by atoms with E-state index in [0.717, 1.165) is 12.1 Å². The van der Waals surface area contributed by atoms with Gasteiger partial charge in [-0.3, -0.25) is 4.79 Å². The van der Waals surface area contributed by atoms with Gasteiger partial charge < -0.3 is 9.30 Å². The molecule has 1 rings (SSSR count). The van der Waals surface area contributed by atoms with Crippen LogP contribution in [0.1, 0.15) is 23.7 Å². The predicted octanol–water partition coefficient (Wildman–Crippen LogP) is 1.73. The summed E-state index contributed by atoms with van der Waals surface area (Å²) in [6, 6.07) is 1.85. The predicted molar refractivity (Wildman–Crippen MR) is 50.9 cm³/mol. The van der Waals surface area contributed by atoms with Gasteiger partial charge in [0.2, 0.25) is 0 Å². The second-order valence-corrected chi connectivity index (χ2v) is 2.91. The van der Waals surface area contributed by atoms with E-state index in [9.17, 15) is 4.79 Å². The van der Waals surface area contributed by atoms with E-state index in [1.165, 1.54) is 0 Å². The Morgan fingerprint density at radius 2 is 2.38 bits per heavy atom. The first kappa shape index (κ1) is 9.99. The van der Waals surface area contributed by atoms with E-state index in [-0.39, 0.29) is 5.78 Å².